The van der Waals surface area contributed by atoms with Crippen LogP contribution in [0.15, 0.2) is 40.3 Å². The van der Waals surface area contributed by atoms with E-state index in [1.54, 1.807) is 30.6 Å². The lowest BCUT2D eigenvalue weighted by atomic mass is 10.1. The normalized spacial score (nSPS) is 14.8. The molecule has 1 aromatic heterocycles. The van der Waals surface area contributed by atoms with E-state index >= 15 is 0 Å². The summed E-state index contributed by atoms with van der Waals surface area (Å²) in [5, 5.41) is 3.26. The Morgan fingerprint density at radius 3 is 2.64 bits per heavy atom. The van der Waals surface area contributed by atoms with Crippen LogP contribution in [0.3, 0.4) is 0 Å². The Morgan fingerprint density at radius 2 is 1.88 bits per heavy atom. The van der Waals surface area contributed by atoms with Crippen LogP contribution in [0.25, 0.3) is 0 Å². The standard InChI is InChI=1S/C18H23N3O3S/c1-14-3-5-15(6-4-14)25(23,24)12-2-11-21-13-20-17-8-10-19-9-7-16(17)18(21)22/h3-6,13,19H,2,7-12H2,1H3. The zero-order chi connectivity index (χ0) is 17.9. The van der Waals surface area contributed by atoms with Crippen molar-refractivity contribution in [1.29, 1.82) is 0 Å². The van der Waals surface area contributed by atoms with Gasteiger partial charge in [-0.15, -0.1) is 0 Å². The number of aryl methyl sites for hydroxylation is 2. The minimum atomic E-state index is -3.33. The van der Waals surface area contributed by atoms with Gasteiger partial charge in [-0.05, 0) is 38.4 Å². The number of sulfone groups is 1. The van der Waals surface area contributed by atoms with E-state index in [1.165, 1.54) is 4.57 Å². The van der Waals surface area contributed by atoms with Gasteiger partial charge in [0.15, 0.2) is 9.84 Å². The van der Waals surface area contributed by atoms with Gasteiger partial charge in [0.25, 0.3) is 5.56 Å². The SMILES string of the molecule is Cc1ccc(S(=O)(=O)CCCn2cnc3c(c2=O)CCNCC3)cc1. The number of hydrogen-bond donors (Lipinski definition) is 1. The van der Waals surface area contributed by atoms with E-state index in [2.05, 4.69) is 10.3 Å². The van der Waals surface area contributed by atoms with Crippen molar-refractivity contribution >= 4 is 9.84 Å². The first-order valence-corrected chi connectivity index (χ1v) is 10.2. The monoisotopic (exact) mass is 361 g/mol. The maximum atomic E-state index is 12.6. The summed E-state index contributed by atoms with van der Waals surface area (Å²) in [5.74, 6) is 0.0150. The Balaban J connectivity index is 1.69. The fraction of sp³-hybridized carbons (Fsp3) is 0.444. The molecule has 2 aromatic rings. The average Bonchev–Trinajstić information content (AvgIpc) is 2.83. The fourth-order valence-corrected chi connectivity index (χ4v) is 4.32. The Bertz CT molecular complexity index is 902. The van der Waals surface area contributed by atoms with Crippen LogP contribution in [0.5, 0.6) is 0 Å². The summed E-state index contributed by atoms with van der Waals surface area (Å²) in [6.45, 7) is 3.88. The molecule has 0 saturated heterocycles. The van der Waals surface area contributed by atoms with Crippen LogP contribution in [0.2, 0.25) is 0 Å². The second-order valence-electron chi connectivity index (χ2n) is 6.40. The predicted molar refractivity (Wildman–Crippen MR) is 96.6 cm³/mol. The predicted octanol–water partition coefficient (Wildman–Crippen LogP) is 1.10. The van der Waals surface area contributed by atoms with E-state index in [4.69, 9.17) is 0 Å². The highest BCUT2D eigenvalue weighted by Crippen LogP contribution is 2.13. The number of nitrogens with one attached hydrogen (secondary N) is 1. The molecule has 1 N–H and O–H groups in total. The molecule has 0 fully saturated rings. The molecule has 6 nitrogen and oxygen atoms in total. The lowest BCUT2D eigenvalue weighted by Gasteiger charge is -2.10. The van der Waals surface area contributed by atoms with Crippen molar-refractivity contribution in [2.24, 2.45) is 0 Å². The highest BCUT2D eigenvalue weighted by molar-refractivity contribution is 7.91. The molecule has 2 heterocycles. The number of benzene rings is 1. The van der Waals surface area contributed by atoms with Crippen molar-refractivity contribution in [3.63, 3.8) is 0 Å². The molecule has 0 spiro atoms. The molecule has 0 atom stereocenters. The summed E-state index contributed by atoms with van der Waals surface area (Å²) >= 11 is 0. The molecule has 0 aliphatic carbocycles. The van der Waals surface area contributed by atoms with Crippen molar-refractivity contribution in [3.8, 4) is 0 Å². The van der Waals surface area contributed by atoms with Gasteiger partial charge in [-0.2, -0.15) is 0 Å². The van der Waals surface area contributed by atoms with E-state index in [9.17, 15) is 13.2 Å². The third kappa shape index (κ3) is 4.16. The Morgan fingerprint density at radius 1 is 1.16 bits per heavy atom. The van der Waals surface area contributed by atoms with Crippen molar-refractivity contribution in [3.05, 3.63) is 57.8 Å². The highest BCUT2D eigenvalue weighted by atomic mass is 32.2. The average molecular weight is 361 g/mol. The Kier molecular flexibility index (Phi) is 5.34. The van der Waals surface area contributed by atoms with Crippen LogP contribution in [0.1, 0.15) is 23.2 Å². The van der Waals surface area contributed by atoms with Gasteiger partial charge in [0.1, 0.15) is 0 Å². The molecular weight excluding hydrogens is 338 g/mol. The Labute approximate surface area is 147 Å². The zero-order valence-corrected chi connectivity index (χ0v) is 15.2. The van der Waals surface area contributed by atoms with Gasteiger partial charge < -0.3 is 5.32 Å². The zero-order valence-electron chi connectivity index (χ0n) is 14.4. The quantitative estimate of drug-likeness (QED) is 0.863. The molecule has 0 unspecified atom stereocenters. The van der Waals surface area contributed by atoms with E-state index < -0.39 is 9.84 Å². The number of aromatic nitrogens is 2. The van der Waals surface area contributed by atoms with E-state index in [1.807, 2.05) is 6.92 Å². The van der Waals surface area contributed by atoms with Crippen LogP contribution in [0.4, 0.5) is 0 Å². The molecule has 0 bridgehead atoms. The molecule has 3 rings (SSSR count). The first-order valence-electron chi connectivity index (χ1n) is 8.55. The second-order valence-corrected chi connectivity index (χ2v) is 8.51. The summed E-state index contributed by atoms with van der Waals surface area (Å²) in [5.41, 5.74) is 2.60. The van der Waals surface area contributed by atoms with Gasteiger partial charge in [0.2, 0.25) is 0 Å². The molecule has 0 radical (unpaired) electrons. The van der Waals surface area contributed by atoms with Gasteiger partial charge >= 0.3 is 0 Å². The second kappa shape index (κ2) is 7.49. The molecular formula is C18H23N3O3S. The fourth-order valence-electron chi connectivity index (χ4n) is 3.03. The van der Waals surface area contributed by atoms with Crippen molar-refractivity contribution < 1.29 is 8.42 Å². The molecule has 134 valence electrons. The van der Waals surface area contributed by atoms with Gasteiger partial charge in [-0.3, -0.25) is 9.36 Å². The molecule has 0 saturated carbocycles. The summed E-state index contributed by atoms with van der Waals surface area (Å²) in [6, 6.07) is 6.85. The van der Waals surface area contributed by atoms with E-state index in [-0.39, 0.29) is 11.3 Å². The lowest BCUT2D eigenvalue weighted by molar-refractivity contribution is 0.580. The van der Waals surface area contributed by atoms with Crippen molar-refractivity contribution in [2.45, 2.75) is 37.6 Å². The van der Waals surface area contributed by atoms with Gasteiger partial charge in [-0.1, -0.05) is 17.7 Å². The van der Waals surface area contributed by atoms with E-state index in [0.29, 0.717) is 24.3 Å². The van der Waals surface area contributed by atoms with Gasteiger partial charge in [-0.25, -0.2) is 13.4 Å². The maximum Gasteiger partial charge on any atom is 0.256 e. The van der Waals surface area contributed by atoms with Crippen LogP contribution in [-0.4, -0.2) is 36.8 Å². The highest BCUT2D eigenvalue weighted by Gasteiger charge is 2.16. The summed E-state index contributed by atoms with van der Waals surface area (Å²) < 4.78 is 26.3. The summed E-state index contributed by atoms with van der Waals surface area (Å²) in [4.78, 5) is 17.3. The molecule has 25 heavy (non-hydrogen) atoms. The molecule has 1 aliphatic rings. The molecule has 7 heteroatoms. The third-order valence-electron chi connectivity index (χ3n) is 4.50. The molecule has 1 aliphatic heterocycles. The Hall–Kier alpha value is -1.99. The first kappa shape index (κ1) is 17.8. The number of nitrogens with zero attached hydrogens (tertiary/aromatic N) is 2. The number of hydrogen-bond acceptors (Lipinski definition) is 5. The minimum Gasteiger partial charge on any atom is -0.316 e. The molecule has 1 aromatic carbocycles. The summed E-state index contributed by atoms with van der Waals surface area (Å²) in [6.07, 6.45) is 3.36. The minimum absolute atomic E-state index is 0.0150. The van der Waals surface area contributed by atoms with Gasteiger partial charge in [0.05, 0.1) is 22.7 Å². The topological polar surface area (TPSA) is 81.1 Å². The smallest absolute Gasteiger partial charge is 0.256 e. The first-order chi connectivity index (χ1) is 12.0. The van der Waals surface area contributed by atoms with Crippen LogP contribution < -0.4 is 10.9 Å². The summed E-state index contributed by atoms with van der Waals surface area (Å²) in [7, 11) is -3.33. The lowest BCUT2D eigenvalue weighted by Crippen LogP contribution is -2.27. The van der Waals surface area contributed by atoms with Crippen molar-refractivity contribution in [1.82, 2.24) is 14.9 Å². The van der Waals surface area contributed by atoms with E-state index in [0.717, 1.165) is 36.3 Å². The maximum absolute atomic E-state index is 12.6. The van der Waals surface area contributed by atoms with Crippen LogP contribution >= 0.6 is 0 Å². The number of fused-ring (bicyclic) bond motifs is 1. The van der Waals surface area contributed by atoms with Crippen molar-refractivity contribution in [2.75, 3.05) is 18.8 Å². The largest absolute Gasteiger partial charge is 0.316 e. The molecule has 0 amide bonds. The number of rotatable bonds is 5. The van der Waals surface area contributed by atoms with Gasteiger partial charge in [0, 0.05) is 25.1 Å². The van der Waals surface area contributed by atoms with Crippen LogP contribution in [-0.2, 0) is 29.2 Å². The third-order valence-corrected chi connectivity index (χ3v) is 6.32. The van der Waals surface area contributed by atoms with Crippen LogP contribution in [0, 0.1) is 6.92 Å².